The summed E-state index contributed by atoms with van der Waals surface area (Å²) in [6.45, 7) is 1.54. The lowest BCUT2D eigenvalue weighted by Crippen LogP contribution is -2.12. The smallest absolute Gasteiger partial charge is 0.269 e. The Labute approximate surface area is 204 Å². The van der Waals surface area contributed by atoms with Crippen molar-refractivity contribution in [3.05, 3.63) is 103 Å². The molecule has 0 aromatic heterocycles. The molecule has 3 nitrogen and oxygen atoms in total. The van der Waals surface area contributed by atoms with E-state index in [1.807, 2.05) is 92.7 Å². The Morgan fingerprint density at radius 3 is 1.97 bits per heavy atom. The van der Waals surface area contributed by atoms with E-state index in [2.05, 4.69) is 12.1 Å². The van der Waals surface area contributed by atoms with Crippen molar-refractivity contribution in [2.24, 2.45) is 0 Å². The summed E-state index contributed by atoms with van der Waals surface area (Å²) in [5.74, 6) is 0.794. The molecule has 0 aliphatic carbocycles. The van der Waals surface area contributed by atoms with Crippen molar-refractivity contribution in [3.63, 3.8) is 0 Å². The molecule has 0 bridgehead atoms. The average Bonchev–Trinajstić information content (AvgIpc) is 2.85. The first-order valence-electron chi connectivity index (χ1n) is 11.2. The minimum Gasteiger partial charge on any atom is -0.507 e. The maximum Gasteiger partial charge on any atom is 0.269 e. The van der Waals surface area contributed by atoms with Gasteiger partial charge in [-0.3, -0.25) is 0 Å². The van der Waals surface area contributed by atoms with Gasteiger partial charge in [0.25, 0.3) is 6.49 Å². The van der Waals surface area contributed by atoms with Crippen LogP contribution in [0, 0.1) is 6.92 Å². The molecule has 34 heavy (non-hydrogen) atoms. The van der Waals surface area contributed by atoms with Gasteiger partial charge in [0, 0.05) is 16.4 Å². The summed E-state index contributed by atoms with van der Waals surface area (Å²) in [6, 6.07) is 31.8. The van der Waals surface area contributed by atoms with Gasteiger partial charge in [0.2, 0.25) is 0 Å². The lowest BCUT2D eigenvalue weighted by atomic mass is 9.92. The molecule has 0 saturated carbocycles. The summed E-state index contributed by atoms with van der Waals surface area (Å²) in [5.41, 5.74) is 2.69. The number of benzene rings is 5. The molecule has 0 fully saturated rings. The van der Waals surface area contributed by atoms with Gasteiger partial charge >= 0.3 is 0 Å². The van der Waals surface area contributed by atoms with E-state index in [1.165, 1.54) is 0 Å². The molecule has 0 spiro atoms. The number of phenols is 1. The highest BCUT2D eigenvalue weighted by molar-refractivity contribution is 8.13. The first-order valence-corrected chi connectivity index (χ1v) is 13.9. The van der Waals surface area contributed by atoms with Crippen LogP contribution in [-0.2, 0) is 16.3 Å². The molecule has 1 N–H and O–H groups in total. The molecule has 5 heteroatoms. The number of hydrogen-bond donors (Lipinski definition) is 1. The second-order valence-corrected chi connectivity index (χ2v) is 11.6. The van der Waals surface area contributed by atoms with Crippen LogP contribution in [-0.4, -0.2) is 11.7 Å². The Hall–Kier alpha value is -3.17. The normalized spacial score (nSPS) is 13.1. The molecule has 0 radical (unpaired) electrons. The fourth-order valence-corrected chi connectivity index (χ4v) is 6.78. The molecule has 0 heterocycles. The summed E-state index contributed by atoms with van der Waals surface area (Å²) >= 11 is 6.06. The quantitative estimate of drug-likeness (QED) is 0.250. The summed E-state index contributed by atoms with van der Waals surface area (Å²) in [5, 5.41) is 16.0. The predicted octanol–water partition coefficient (Wildman–Crippen LogP) is 7.72. The van der Waals surface area contributed by atoms with Gasteiger partial charge in [-0.15, -0.1) is 0 Å². The van der Waals surface area contributed by atoms with Crippen molar-refractivity contribution in [1.82, 2.24) is 0 Å². The molecule has 0 aliphatic heterocycles. The van der Waals surface area contributed by atoms with E-state index >= 15 is 0 Å². The Balaban J connectivity index is 1.79. The van der Waals surface area contributed by atoms with Crippen molar-refractivity contribution >= 4 is 45.1 Å². The van der Waals surface area contributed by atoms with Crippen LogP contribution >= 0.6 is 6.49 Å². The Morgan fingerprint density at radius 2 is 1.32 bits per heavy atom. The SMILES string of the molecule is CCOP(=S)(Oc1ccc2ccccc2c1-c1c(O)ccc2ccccc12)c1ccc(C)cc1. The molecule has 5 rings (SSSR count). The minimum absolute atomic E-state index is 0.194. The van der Waals surface area contributed by atoms with Gasteiger partial charge in [0.05, 0.1) is 6.61 Å². The third-order valence-corrected chi connectivity index (χ3v) is 9.05. The van der Waals surface area contributed by atoms with Crippen molar-refractivity contribution < 1.29 is 14.2 Å². The van der Waals surface area contributed by atoms with Gasteiger partial charge in [-0.1, -0.05) is 78.4 Å². The monoisotopic (exact) mass is 484 g/mol. The Bertz CT molecular complexity index is 1540. The second-order valence-electron chi connectivity index (χ2n) is 8.18. The van der Waals surface area contributed by atoms with E-state index in [0.29, 0.717) is 12.4 Å². The third kappa shape index (κ3) is 4.10. The molecule has 170 valence electrons. The van der Waals surface area contributed by atoms with Gasteiger partial charge in [0.1, 0.15) is 11.5 Å². The van der Waals surface area contributed by atoms with Crippen LogP contribution in [0.2, 0.25) is 0 Å². The van der Waals surface area contributed by atoms with Crippen molar-refractivity contribution in [2.75, 3.05) is 6.61 Å². The van der Waals surface area contributed by atoms with Crippen LogP contribution < -0.4 is 9.83 Å². The number of hydrogen-bond acceptors (Lipinski definition) is 4. The van der Waals surface area contributed by atoms with Crippen LogP contribution in [0.3, 0.4) is 0 Å². The zero-order valence-electron chi connectivity index (χ0n) is 19.1. The van der Waals surface area contributed by atoms with E-state index in [4.69, 9.17) is 20.9 Å². The van der Waals surface area contributed by atoms with E-state index in [9.17, 15) is 5.11 Å². The summed E-state index contributed by atoms with van der Waals surface area (Å²) in [6.07, 6.45) is 0. The third-order valence-electron chi connectivity index (χ3n) is 5.92. The van der Waals surface area contributed by atoms with E-state index in [0.717, 1.165) is 43.5 Å². The fourth-order valence-electron chi connectivity index (χ4n) is 4.29. The number of aromatic hydroxyl groups is 1. The van der Waals surface area contributed by atoms with Crippen LogP contribution in [0.5, 0.6) is 11.5 Å². The summed E-state index contributed by atoms with van der Waals surface area (Å²) < 4.78 is 12.8. The summed E-state index contributed by atoms with van der Waals surface area (Å²) in [7, 11) is 0. The topological polar surface area (TPSA) is 38.7 Å². The van der Waals surface area contributed by atoms with Gasteiger partial charge in [-0.05, 0) is 71.5 Å². The lowest BCUT2D eigenvalue weighted by Gasteiger charge is -2.25. The second kappa shape index (κ2) is 9.23. The average molecular weight is 485 g/mol. The number of rotatable bonds is 6. The van der Waals surface area contributed by atoms with Crippen LogP contribution in [0.1, 0.15) is 12.5 Å². The van der Waals surface area contributed by atoms with Crippen molar-refractivity contribution in [1.29, 1.82) is 0 Å². The molecule has 1 atom stereocenters. The van der Waals surface area contributed by atoms with E-state index in [1.54, 1.807) is 6.07 Å². The number of phenolic OH excluding ortho intramolecular Hbond substituents is 1. The first-order chi connectivity index (χ1) is 16.5. The Morgan fingerprint density at radius 1 is 0.735 bits per heavy atom. The largest absolute Gasteiger partial charge is 0.507 e. The standard InChI is InChI=1S/C29H25O3PS/c1-3-31-33(34,23-16-12-20(2)13-17-23)32-27-19-15-22-9-5-7-11-25(22)29(27)28-24-10-6-4-8-21(24)14-18-26(28)30/h4-19,30H,3H2,1-2H3. The van der Waals surface area contributed by atoms with Gasteiger partial charge < -0.3 is 14.2 Å². The zero-order valence-corrected chi connectivity index (χ0v) is 20.8. The van der Waals surface area contributed by atoms with Crippen molar-refractivity contribution in [2.45, 2.75) is 13.8 Å². The van der Waals surface area contributed by atoms with E-state index in [-0.39, 0.29) is 5.75 Å². The highest BCUT2D eigenvalue weighted by atomic mass is 32.5. The lowest BCUT2D eigenvalue weighted by molar-refractivity contribution is 0.339. The molecule has 0 aliphatic rings. The molecule has 5 aromatic rings. The number of aryl methyl sites for hydroxylation is 1. The number of fused-ring (bicyclic) bond motifs is 2. The molecular formula is C29H25O3PS. The highest BCUT2D eigenvalue weighted by Gasteiger charge is 2.27. The first kappa shape index (κ1) is 22.6. The highest BCUT2D eigenvalue weighted by Crippen LogP contribution is 2.53. The maximum atomic E-state index is 11.1. The molecular weight excluding hydrogens is 459 g/mol. The zero-order chi connectivity index (χ0) is 23.7. The fraction of sp³-hybridized carbons (Fsp3) is 0.103. The molecule has 0 saturated heterocycles. The van der Waals surface area contributed by atoms with E-state index < -0.39 is 6.49 Å². The maximum absolute atomic E-state index is 11.1. The van der Waals surface area contributed by atoms with Gasteiger partial charge in [-0.25, -0.2) is 0 Å². The van der Waals surface area contributed by atoms with Gasteiger partial charge in [-0.2, -0.15) is 0 Å². The van der Waals surface area contributed by atoms with Gasteiger partial charge in [0.15, 0.2) is 0 Å². The molecule has 1 unspecified atom stereocenters. The van der Waals surface area contributed by atoms with Crippen LogP contribution in [0.15, 0.2) is 97.1 Å². The Kier molecular flexibility index (Phi) is 6.14. The van der Waals surface area contributed by atoms with Crippen molar-refractivity contribution in [3.8, 4) is 22.6 Å². The van der Waals surface area contributed by atoms with Crippen LogP contribution in [0.25, 0.3) is 32.7 Å². The molecule has 5 aromatic carbocycles. The predicted molar refractivity (Wildman–Crippen MR) is 146 cm³/mol. The summed E-state index contributed by atoms with van der Waals surface area (Å²) in [4.78, 5) is 0. The van der Waals surface area contributed by atoms with Crippen LogP contribution in [0.4, 0.5) is 0 Å². The molecule has 0 amide bonds. The minimum atomic E-state index is -2.86.